The fraction of sp³-hybridized carbons (Fsp3) is 0. The van der Waals surface area contributed by atoms with Gasteiger partial charge in [-0.3, -0.25) is 9.52 Å². The van der Waals surface area contributed by atoms with Crippen LogP contribution in [0.4, 0.5) is 11.5 Å². The molecule has 0 saturated carbocycles. The monoisotopic (exact) mass is 419 g/mol. The maximum absolute atomic E-state index is 12.5. The summed E-state index contributed by atoms with van der Waals surface area (Å²) < 4.78 is 28.4. The van der Waals surface area contributed by atoms with Gasteiger partial charge >= 0.3 is 0 Å². The highest BCUT2D eigenvalue weighted by Crippen LogP contribution is 2.15. The number of hydrogen-bond donors (Lipinski definition) is 2. The molecule has 0 fully saturated rings. The van der Waals surface area contributed by atoms with Crippen LogP contribution in [-0.2, 0) is 10.0 Å². The second-order valence-electron chi connectivity index (χ2n) is 6.32. The Balaban J connectivity index is 1.44. The molecule has 0 unspecified atom stereocenters. The number of rotatable bonds is 6. The van der Waals surface area contributed by atoms with Crippen LogP contribution in [0, 0.1) is 0 Å². The largest absolute Gasteiger partial charge is 0.306 e. The van der Waals surface area contributed by atoms with Crippen molar-refractivity contribution < 1.29 is 13.2 Å². The first-order chi connectivity index (χ1) is 14.5. The van der Waals surface area contributed by atoms with Gasteiger partial charge in [0.2, 0.25) is 0 Å². The van der Waals surface area contributed by atoms with E-state index in [9.17, 15) is 13.2 Å². The molecule has 150 valence electrons. The normalized spacial score (nSPS) is 11.6. The predicted octanol–water partition coefficient (Wildman–Crippen LogP) is 3.39. The van der Waals surface area contributed by atoms with Crippen LogP contribution in [0.1, 0.15) is 15.9 Å². The second-order valence-corrected chi connectivity index (χ2v) is 7.89. The SMILES string of the molecule is O=C(Nc1ccnc2ccnn12)c1ccc(NS(=O)(=O)/C=C/c2ccccc2)cc1. The van der Waals surface area contributed by atoms with Gasteiger partial charge < -0.3 is 5.32 Å². The summed E-state index contributed by atoms with van der Waals surface area (Å²) in [7, 11) is -3.68. The molecule has 0 spiro atoms. The highest BCUT2D eigenvalue weighted by atomic mass is 32.2. The summed E-state index contributed by atoms with van der Waals surface area (Å²) in [6.07, 6.45) is 4.67. The summed E-state index contributed by atoms with van der Waals surface area (Å²) in [5.41, 5.74) is 2.11. The third-order valence-electron chi connectivity index (χ3n) is 4.18. The average molecular weight is 419 g/mol. The Morgan fingerprint density at radius 2 is 1.70 bits per heavy atom. The molecule has 0 bridgehead atoms. The Kier molecular flexibility index (Phi) is 5.27. The lowest BCUT2D eigenvalue weighted by molar-refractivity contribution is 0.102. The molecular weight excluding hydrogens is 402 g/mol. The molecule has 4 aromatic rings. The molecule has 8 nitrogen and oxygen atoms in total. The molecule has 30 heavy (non-hydrogen) atoms. The minimum atomic E-state index is -3.68. The average Bonchev–Trinajstić information content (AvgIpc) is 3.23. The number of aromatic nitrogens is 3. The Morgan fingerprint density at radius 1 is 0.933 bits per heavy atom. The van der Waals surface area contributed by atoms with Gasteiger partial charge in [-0.1, -0.05) is 30.3 Å². The van der Waals surface area contributed by atoms with Gasteiger partial charge in [0, 0.05) is 23.5 Å². The van der Waals surface area contributed by atoms with Crippen LogP contribution in [0.15, 0.2) is 84.5 Å². The van der Waals surface area contributed by atoms with Gasteiger partial charge in [-0.25, -0.2) is 13.4 Å². The summed E-state index contributed by atoms with van der Waals surface area (Å²) >= 11 is 0. The highest BCUT2D eigenvalue weighted by Gasteiger charge is 2.11. The van der Waals surface area contributed by atoms with Crippen molar-refractivity contribution >= 4 is 39.2 Å². The number of nitrogens with one attached hydrogen (secondary N) is 2. The third-order valence-corrected chi connectivity index (χ3v) is 5.19. The maximum Gasteiger partial charge on any atom is 0.256 e. The van der Waals surface area contributed by atoms with Crippen LogP contribution in [0.2, 0.25) is 0 Å². The van der Waals surface area contributed by atoms with Crippen molar-refractivity contribution in [1.29, 1.82) is 0 Å². The molecule has 0 aliphatic rings. The van der Waals surface area contributed by atoms with E-state index < -0.39 is 10.0 Å². The smallest absolute Gasteiger partial charge is 0.256 e. The van der Waals surface area contributed by atoms with E-state index in [1.165, 1.54) is 34.9 Å². The standard InChI is InChI=1S/C21H17N5O3S/c27-21(24-20-10-13-22-19-11-14-23-26(19)20)17-6-8-18(9-7-17)25-30(28,29)15-12-16-4-2-1-3-5-16/h1-15,25H,(H,24,27)/b15-12+. The number of carbonyl (C=O) groups excluding carboxylic acids is 1. The van der Waals surface area contributed by atoms with Crippen LogP contribution in [0.3, 0.4) is 0 Å². The Hall–Kier alpha value is -3.98. The van der Waals surface area contributed by atoms with E-state index in [0.717, 1.165) is 11.0 Å². The Labute approximate surface area is 172 Å². The molecule has 0 atom stereocenters. The van der Waals surface area contributed by atoms with Crippen LogP contribution < -0.4 is 10.0 Å². The highest BCUT2D eigenvalue weighted by molar-refractivity contribution is 7.95. The number of sulfonamides is 1. The van der Waals surface area contributed by atoms with Crippen molar-refractivity contribution in [2.24, 2.45) is 0 Å². The lowest BCUT2D eigenvalue weighted by Gasteiger charge is -2.08. The third kappa shape index (κ3) is 4.53. The Morgan fingerprint density at radius 3 is 2.47 bits per heavy atom. The number of benzene rings is 2. The van der Waals surface area contributed by atoms with Gasteiger partial charge in [-0.05, 0) is 42.0 Å². The van der Waals surface area contributed by atoms with Crippen LogP contribution in [0.25, 0.3) is 11.7 Å². The number of carbonyl (C=O) groups is 1. The van der Waals surface area contributed by atoms with E-state index in [1.807, 2.05) is 18.2 Å². The molecule has 0 aliphatic heterocycles. The van der Waals surface area contributed by atoms with E-state index in [1.54, 1.807) is 36.7 Å². The molecule has 2 aromatic heterocycles. The van der Waals surface area contributed by atoms with Crippen molar-refractivity contribution in [2.75, 3.05) is 10.0 Å². The molecule has 0 aliphatic carbocycles. The summed E-state index contributed by atoms with van der Waals surface area (Å²) in [5, 5.41) is 7.98. The number of fused-ring (bicyclic) bond motifs is 1. The first-order valence-electron chi connectivity index (χ1n) is 8.96. The fourth-order valence-corrected chi connectivity index (χ4v) is 3.61. The fourth-order valence-electron chi connectivity index (χ4n) is 2.74. The zero-order valence-corrected chi connectivity index (χ0v) is 16.5. The van der Waals surface area contributed by atoms with E-state index in [0.29, 0.717) is 22.7 Å². The van der Waals surface area contributed by atoms with Crippen LogP contribution in [-0.4, -0.2) is 28.9 Å². The Bertz CT molecular complexity index is 1310. The van der Waals surface area contributed by atoms with E-state index in [4.69, 9.17) is 0 Å². The molecular formula is C21H17N5O3S. The minimum Gasteiger partial charge on any atom is -0.306 e. The van der Waals surface area contributed by atoms with Crippen LogP contribution in [0.5, 0.6) is 0 Å². The van der Waals surface area contributed by atoms with Gasteiger partial charge in [0.25, 0.3) is 15.9 Å². The number of hydrogen-bond acceptors (Lipinski definition) is 5. The maximum atomic E-state index is 12.5. The van der Waals surface area contributed by atoms with Crippen molar-refractivity contribution in [1.82, 2.24) is 14.6 Å². The summed E-state index contributed by atoms with van der Waals surface area (Å²) in [5.74, 6) is 0.127. The molecule has 0 saturated heterocycles. The number of amides is 1. The lowest BCUT2D eigenvalue weighted by Crippen LogP contribution is -2.15. The zero-order chi connectivity index (χ0) is 21.0. The van der Waals surface area contributed by atoms with E-state index >= 15 is 0 Å². The van der Waals surface area contributed by atoms with Gasteiger partial charge in [0.05, 0.1) is 11.6 Å². The summed E-state index contributed by atoms with van der Waals surface area (Å²) in [6.45, 7) is 0. The van der Waals surface area contributed by atoms with Crippen molar-refractivity contribution in [3.63, 3.8) is 0 Å². The van der Waals surface area contributed by atoms with Crippen molar-refractivity contribution in [3.05, 3.63) is 95.7 Å². The molecule has 2 heterocycles. The molecule has 4 rings (SSSR count). The van der Waals surface area contributed by atoms with Gasteiger partial charge in [-0.15, -0.1) is 0 Å². The molecule has 0 radical (unpaired) electrons. The van der Waals surface area contributed by atoms with Gasteiger partial charge in [0.1, 0.15) is 5.82 Å². The van der Waals surface area contributed by atoms with E-state index in [2.05, 4.69) is 20.1 Å². The van der Waals surface area contributed by atoms with Crippen LogP contribution >= 0.6 is 0 Å². The topological polar surface area (TPSA) is 105 Å². The first kappa shape index (κ1) is 19.3. The second kappa shape index (κ2) is 8.18. The quantitative estimate of drug-likeness (QED) is 0.498. The van der Waals surface area contributed by atoms with Crippen molar-refractivity contribution in [2.45, 2.75) is 0 Å². The zero-order valence-electron chi connectivity index (χ0n) is 15.6. The summed E-state index contributed by atoms with van der Waals surface area (Å²) in [4.78, 5) is 16.7. The van der Waals surface area contributed by atoms with Crippen molar-refractivity contribution in [3.8, 4) is 0 Å². The predicted molar refractivity (Wildman–Crippen MR) is 115 cm³/mol. The minimum absolute atomic E-state index is 0.350. The van der Waals surface area contributed by atoms with E-state index in [-0.39, 0.29) is 5.91 Å². The molecule has 2 aromatic carbocycles. The van der Waals surface area contributed by atoms with Gasteiger partial charge in [0.15, 0.2) is 5.65 Å². The summed E-state index contributed by atoms with van der Waals surface area (Å²) in [6, 6.07) is 18.6. The lowest BCUT2D eigenvalue weighted by atomic mass is 10.2. The first-order valence-corrected chi connectivity index (χ1v) is 10.5. The number of anilines is 2. The molecule has 9 heteroatoms. The molecule has 1 amide bonds. The molecule has 2 N–H and O–H groups in total. The van der Waals surface area contributed by atoms with Gasteiger partial charge in [-0.2, -0.15) is 9.61 Å². The number of nitrogens with zero attached hydrogens (tertiary/aromatic N) is 3.